The minimum absolute atomic E-state index is 0.154. The zero-order chi connectivity index (χ0) is 29.3. The largest absolute Gasteiger partial charge is 0.508 e. The molecule has 1 aromatic carbocycles. The Kier molecular flexibility index (Phi) is 16.9. The molecule has 0 aliphatic rings. The van der Waals surface area contributed by atoms with Crippen LogP contribution in [0.4, 0.5) is 4.79 Å². The Bertz CT molecular complexity index is 849. The van der Waals surface area contributed by atoms with E-state index in [1.165, 1.54) is 4.83 Å². The van der Waals surface area contributed by atoms with Gasteiger partial charge in [-0.05, 0) is 58.6 Å². The number of nitrogens with zero attached hydrogens (tertiary/aromatic N) is 1. The van der Waals surface area contributed by atoms with Gasteiger partial charge in [0.15, 0.2) is 0 Å². The molecule has 0 aromatic heterocycles. The van der Waals surface area contributed by atoms with Crippen LogP contribution in [-0.2, 0) is 27.9 Å². The van der Waals surface area contributed by atoms with E-state index in [4.69, 9.17) is 23.4 Å². The second kappa shape index (κ2) is 18.6. The number of benzene rings is 1. The molecule has 0 bridgehead atoms. The van der Waals surface area contributed by atoms with Crippen LogP contribution in [0.25, 0.3) is 6.08 Å². The molecule has 1 rings (SSSR count). The summed E-state index contributed by atoms with van der Waals surface area (Å²) in [4.78, 5) is 19.9. The summed E-state index contributed by atoms with van der Waals surface area (Å²) < 4.78 is 36.9. The molecule has 9 heteroatoms. The highest BCUT2D eigenvalue weighted by Gasteiger charge is 2.44. The van der Waals surface area contributed by atoms with Gasteiger partial charge in [-0.1, -0.05) is 94.1 Å². The molecule has 0 fully saturated rings. The molecular weight excluding hydrogens is 517 g/mol. The Morgan fingerprint density at radius 1 is 0.949 bits per heavy atom. The van der Waals surface area contributed by atoms with Crippen LogP contribution < -0.4 is 0 Å². The smallest absolute Gasteiger partial charge is 0.432 e. The van der Waals surface area contributed by atoms with Crippen LogP contribution >= 0.6 is 7.75 Å². The fourth-order valence-electron chi connectivity index (χ4n) is 3.67. The zero-order valence-electron chi connectivity index (χ0n) is 25.3. The topological polar surface area (TPSA) is 83.5 Å². The van der Waals surface area contributed by atoms with Gasteiger partial charge in [-0.3, -0.25) is 13.9 Å². The van der Waals surface area contributed by atoms with Crippen molar-refractivity contribution in [1.82, 2.24) is 4.83 Å². The van der Waals surface area contributed by atoms with Gasteiger partial charge >= 0.3 is 13.9 Å². The van der Waals surface area contributed by atoms with Crippen molar-refractivity contribution in [2.24, 2.45) is 0 Å². The van der Waals surface area contributed by atoms with E-state index in [0.717, 1.165) is 62.5 Å². The van der Waals surface area contributed by atoms with Gasteiger partial charge in [-0.2, -0.15) is 0 Å². The lowest BCUT2D eigenvalue weighted by atomic mass is 10.1. The maximum Gasteiger partial charge on any atom is 0.508 e. The molecule has 8 nitrogen and oxygen atoms in total. The molecule has 224 valence electrons. The Morgan fingerprint density at radius 3 is 1.92 bits per heavy atom. The lowest BCUT2D eigenvalue weighted by Crippen LogP contribution is -2.41. The molecule has 0 aliphatic carbocycles. The number of rotatable bonds is 20. The SMILES string of the molecule is C=Cc1ccc(C(COC(=O)OC(C)C)ON(C(C)(C)C)P(=O)(OCCCCCC)OCCCCCC)cc1. The third-order valence-electron chi connectivity index (χ3n) is 5.76. The predicted molar refractivity (Wildman–Crippen MR) is 157 cm³/mol. The first-order valence-corrected chi connectivity index (χ1v) is 15.9. The van der Waals surface area contributed by atoms with Gasteiger partial charge in [-0.25, -0.2) is 9.36 Å². The Hall–Kier alpha value is -1.70. The highest BCUT2D eigenvalue weighted by atomic mass is 31.2. The van der Waals surface area contributed by atoms with Crippen molar-refractivity contribution in [3.63, 3.8) is 0 Å². The second-order valence-corrected chi connectivity index (χ2v) is 12.7. The Balaban J connectivity index is 3.27. The maximum atomic E-state index is 14.4. The fourth-order valence-corrected chi connectivity index (χ4v) is 5.64. The molecule has 0 saturated heterocycles. The highest BCUT2D eigenvalue weighted by Crippen LogP contribution is 2.57. The van der Waals surface area contributed by atoms with Crippen molar-refractivity contribution in [3.8, 4) is 0 Å². The molecule has 39 heavy (non-hydrogen) atoms. The van der Waals surface area contributed by atoms with E-state index in [2.05, 4.69) is 20.4 Å². The number of carbonyl (C=O) groups is 1. The first-order chi connectivity index (χ1) is 18.5. The molecule has 0 spiro atoms. The second-order valence-electron chi connectivity index (χ2n) is 10.9. The Morgan fingerprint density at radius 2 is 1.49 bits per heavy atom. The Labute approximate surface area is 236 Å². The summed E-state index contributed by atoms with van der Waals surface area (Å²) in [5.41, 5.74) is 0.895. The van der Waals surface area contributed by atoms with Crippen LogP contribution in [0.15, 0.2) is 30.8 Å². The molecule has 0 radical (unpaired) electrons. The van der Waals surface area contributed by atoms with Gasteiger partial charge in [0.25, 0.3) is 0 Å². The molecule has 0 aliphatic heterocycles. The van der Waals surface area contributed by atoms with Crippen LogP contribution in [0.1, 0.15) is 117 Å². The number of hydroxylamine groups is 1. The van der Waals surface area contributed by atoms with Crippen molar-refractivity contribution >= 4 is 20.0 Å². The third kappa shape index (κ3) is 14.0. The van der Waals surface area contributed by atoms with E-state index < -0.39 is 25.5 Å². The van der Waals surface area contributed by atoms with Gasteiger partial charge in [0.2, 0.25) is 0 Å². The van der Waals surface area contributed by atoms with Crippen molar-refractivity contribution in [2.45, 2.75) is 118 Å². The van der Waals surface area contributed by atoms with Crippen LogP contribution in [0, 0.1) is 0 Å². The van der Waals surface area contributed by atoms with E-state index in [0.29, 0.717) is 0 Å². The van der Waals surface area contributed by atoms with Crippen LogP contribution in [0.3, 0.4) is 0 Å². The van der Waals surface area contributed by atoms with Crippen molar-refractivity contribution in [2.75, 3.05) is 19.8 Å². The van der Waals surface area contributed by atoms with Crippen molar-refractivity contribution in [1.29, 1.82) is 0 Å². The van der Waals surface area contributed by atoms with Gasteiger partial charge in [-0.15, -0.1) is 0 Å². The van der Waals surface area contributed by atoms with Gasteiger partial charge < -0.3 is 9.47 Å². The molecule has 0 amide bonds. The first-order valence-electron chi connectivity index (χ1n) is 14.4. The van der Waals surface area contributed by atoms with E-state index >= 15 is 0 Å². The standard InChI is InChI=1S/C30H52NO7P/c1-9-12-14-16-22-35-39(33,36-23-17-15-13-10-2)31(30(6,7)8)38-28(24-34-29(32)37-25(4)5)27-20-18-26(11-3)19-21-27/h11,18-21,25,28H,3,9-10,12-17,22-24H2,1-2,4-8H3. The molecule has 0 heterocycles. The summed E-state index contributed by atoms with van der Waals surface area (Å²) in [6.07, 6.45) is 7.67. The zero-order valence-corrected chi connectivity index (χ0v) is 26.2. The van der Waals surface area contributed by atoms with E-state index in [1.54, 1.807) is 19.9 Å². The number of hydrogen-bond acceptors (Lipinski definition) is 7. The summed E-state index contributed by atoms with van der Waals surface area (Å²) in [5.74, 6) is 0. The summed E-state index contributed by atoms with van der Waals surface area (Å²) in [6, 6.07) is 7.50. The molecule has 0 N–H and O–H groups in total. The van der Waals surface area contributed by atoms with E-state index in [1.807, 2.05) is 45.0 Å². The van der Waals surface area contributed by atoms with Crippen LogP contribution in [-0.4, -0.2) is 42.5 Å². The quantitative estimate of drug-likeness (QED) is 0.0665. The minimum Gasteiger partial charge on any atom is -0.432 e. The average molecular weight is 570 g/mol. The summed E-state index contributed by atoms with van der Waals surface area (Å²) in [5, 5.41) is 0. The van der Waals surface area contributed by atoms with Crippen LogP contribution in [0.5, 0.6) is 0 Å². The first kappa shape index (κ1) is 35.3. The molecule has 0 saturated carbocycles. The predicted octanol–water partition coefficient (Wildman–Crippen LogP) is 9.27. The number of hydrogen-bond donors (Lipinski definition) is 0. The number of ether oxygens (including phenoxy) is 2. The van der Waals surface area contributed by atoms with Gasteiger partial charge in [0, 0.05) is 5.54 Å². The minimum atomic E-state index is -3.88. The molecular formula is C30H52NO7P. The third-order valence-corrected chi connectivity index (χ3v) is 7.91. The lowest BCUT2D eigenvalue weighted by molar-refractivity contribution is -0.207. The lowest BCUT2D eigenvalue weighted by Gasteiger charge is -2.40. The van der Waals surface area contributed by atoms with Gasteiger partial charge in [0.05, 0.1) is 19.3 Å². The van der Waals surface area contributed by atoms with Gasteiger partial charge in [0.1, 0.15) is 12.7 Å². The highest BCUT2D eigenvalue weighted by molar-refractivity contribution is 7.51. The molecule has 1 atom stereocenters. The normalized spacial score (nSPS) is 13.1. The van der Waals surface area contributed by atoms with E-state index in [9.17, 15) is 9.36 Å². The summed E-state index contributed by atoms with van der Waals surface area (Å²) in [6.45, 7) is 17.6. The fraction of sp³-hybridized carbons (Fsp3) is 0.700. The van der Waals surface area contributed by atoms with E-state index in [-0.39, 0.29) is 25.9 Å². The number of carbonyl (C=O) groups excluding carboxylic acids is 1. The molecule has 1 aromatic rings. The van der Waals surface area contributed by atoms with Crippen molar-refractivity contribution in [3.05, 3.63) is 42.0 Å². The monoisotopic (exact) mass is 569 g/mol. The van der Waals surface area contributed by atoms with Crippen molar-refractivity contribution < 1.29 is 32.7 Å². The van der Waals surface area contributed by atoms with Crippen LogP contribution in [0.2, 0.25) is 0 Å². The molecule has 1 unspecified atom stereocenters. The summed E-state index contributed by atoms with van der Waals surface area (Å²) >= 11 is 0. The maximum absolute atomic E-state index is 14.4. The average Bonchev–Trinajstić information content (AvgIpc) is 2.87. The number of unbranched alkanes of at least 4 members (excludes halogenated alkanes) is 6. The summed E-state index contributed by atoms with van der Waals surface area (Å²) in [7, 11) is -3.88.